The molecule has 1 fully saturated rings. The van der Waals surface area contributed by atoms with E-state index < -0.39 is 0 Å². The molecule has 5 heteroatoms. The van der Waals surface area contributed by atoms with Crippen LogP contribution in [0, 0.1) is 5.92 Å². The molecule has 2 heterocycles. The van der Waals surface area contributed by atoms with E-state index in [9.17, 15) is 4.79 Å². The molecule has 2 aliphatic rings. The van der Waals surface area contributed by atoms with Gasteiger partial charge in [-0.05, 0) is 37.8 Å². The second kappa shape index (κ2) is 6.57. The third-order valence-corrected chi connectivity index (χ3v) is 4.37. The molecule has 1 saturated heterocycles. The second-order valence-electron chi connectivity index (χ2n) is 6.08. The number of amides is 1. The summed E-state index contributed by atoms with van der Waals surface area (Å²) in [6, 6.07) is 5.99. The van der Waals surface area contributed by atoms with Gasteiger partial charge in [0.2, 0.25) is 5.91 Å². The monoisotopic (exact) mass is 304 g/mol. The predicted molar refractivity (Wildman–Crippen MR) is 84.1 cm³/mol. The van der Waals surface area contributed by atoms with Crippen LogP contribution in [0.5, 0.6) is 11.5 Å². The average molecular weight is 304 g/mol. The highest BCUT2D eigenvalue weighted by molar-refractivity contribution is 5.80. The molecular formula is C17H24N2O3. The number of piperidine rings is 1. The van der Waals surface area contributed by atoms with Gasteiger partial charge in [0.1, 0.15) is 6.61 Å². The van der Waals surface area contributed by atoms with Crippen LogP contribution in [0.3, 0.4) is 0 Å². The smallest absolute Gasteiger partial charge is 0.229 e. The molecule has 1 aromatic carbocycles. The average Bonchev–Trinajstić information content (AvgIpc) is 2.54. The maximum absolute atomic E-state index is 12.7. The Kier molecular flexibility index (Phi) is 4.52. The van der Waals surface area contributed by atoms with Gasteiger partial charge in [-0.1, -0.05) is 12.1 Å². The van der Waals surface area contributed by atoms with Crippen LogP contribution >= 0.6 is 0 Å². The van der Waals surface area contributed by atoms with Crippen LogP contribution in [0.4, 0.5) is 0 Å². The summed E-state index contributed by atoms with van der Waals surface area (Å²) >= 11 is 0. The van der Waals surface area contributed by atoms with Gasteiger partial charge in [0.05, 0.1) is 12.5 Å². The minimum atomic E-state index is -0.116. The number of para-hydroxylation sites is 1. The van der Waals surface area contributed by atoms with Gasteiger partial charge >= 0.3 is 0 Å². The first-order valence-electron chi connectivity index (χ1n) is 8.11. The molecule has 2 aliphatic heterocycles. The van der Waals surface area contributed by atoms with Crippen molar-refractivity contribution in [2.75, 3.05) is 26.3 Å². The zero-order valence-electron chi connectivity index (χ0n) is 13.1. The summed E-state index contributed by atoms with van der Waals surface area (Å²) in [5.74, 6) is 1.62. The Morgan fingerprint density at radius 3 is 3.14 bits per heavy atom. The van der Waals surface area contributed by atoms with Crippen LogP contribution in [0.25, 0.3) is 0 Å². The van der Waals surface area contributed by atoms with Crippen molar-refractivity contribution in [3.63, 3.8) is 0 Å². The number of carbonyl (C=O) groups excluding carboxylic acids is 1. The van der Waals surface area contributed by atoms with Gasteiger partial charge in [-0.25, -0.2) is 0 Å². The van der Waals surface area contributed by atoms with Crippen molar-refractivity contribution in [1.82, 2.24) is 4.90 Å². The van der Waals surface area contributed by atoms with Crippen LogP contribution in [-0.2, 0) is 11.2 Å². The Morgan fingerprint density at radius 2 is 2.36 bits per heavy atom. The normalized spacial score (nSPS) is 24.4. The number of hydrogen-bond acceptors (Lipinski definition) is 4. The van der Waals surface area contributed by atoms with Gasteiger partial charge < -0.3 is 20.1 Å². The molecule has 2 N–H and O–H groups in total. The maximum atomic E-state index is 12.7. The molecule has 0 spiro atoms. The van der Waals surface area contributed by atoms with Gasteiger partial charge in [-0.3, -0.25) is 4.79 Å². The molecule has 2 atom stereocenters. The van der Waals surface area contributed by atoms with E-state index in [0.29, 0.717) is 26.2 Å². The lowest BCUT2D eigenvalue weighted by Crippen LogP contribution is -2.49. The second-order valence-corrected chi connectivity index (χ2v) is 6.08. The molecule has 0 bridgehead atoms. The lowest BCUT2D eigenvalue weighted by Gasteiger charge is -2.35. The van der Waals surface area contributed by atoms with E-state index in [-0.39, 0.29) is 17.9 Å². The number of nitrogens with zero attached hydrogens (tertiary/aromatic N) is 1. The summed E-state index contributed by atoms with van der Waals surface area (Å²) in [6.45, 7) is 4.46. The minimum absolute atomic E-state index is 0.110. The molecule has 0 aliphatic carbocycles. The first-order valence-corrected chi connectivity index (χ1v) is 8.11. The third-order valence-electron chi connectivity index (χ3n) is 4.37. The summed E-state index contributed by atoms with van der Waals surface area (Å²) in [5.41, 5.74) is 7.03. The Labute approximate surface area is 131 Å². The van der Waals surface area contributed by atoms with E-state index >= 15 is 0 Å². The fraction of sp³-hybridized carbons (Fsp3) is 0.588. The number of hydrogen-bond donors (Lipinski definition) is 1. The summed E-state index contributed by atoms with van der Waals surface area (Å²) in [5, 5.41) is 0. The quantitative estimate of drug-likeness (QED) is 0.921. The molecule has 0 saturated carbocycles. The van der Waals surface area contributed by atoms with Crippen molar-refractivity contribution in [2.24, 2.45) is 11.7 Å². The summed E-state index contributed by atoms with van der Waals surface area (Å²) < 4.78 is 11.4. The molecule has 22 heavy (non-hydrogen) atoms. The Balaban J connectivity index is 1.71. The van der Waals surface area contributed by atoms with Gasteiger partial charge in [0, 0.05) is 19.1 Å². The fourth-order valence-electron chi connectivity index (χ4n) is 3.29. The Hall–Kier alpha value is -1.75. The molecule has 0 unspecified atom stereocenters. The first-order chi connectivity index (χ1) is 10.7. The molecular weight excluding hydrogens is 280 g/mol. The minimum Gasteiger partial charge on any atom is -0.490 e. The van der Waals surface area contributed by atoms with Gasteiger partial charge in [-0.2, -0.15) is 0 Å². The summed E-state index contributed by atoms with van der Waals surface area (Å²) in [7, 11) is 0. The maximum Gasteiger partial charge on any atom is 0.229 e. The van der Waals surface area contributed by atoms with E-state index in [4.69, 9.17) is 15.2 Å². The number of rotatable bonds is 3. The Bertz CT molecular complexity index is 547. The van der Waals surface area contributed by atoms with E-state index in [2.05, 4.69) is 0 Å². The van der Waals surface area contributed by atoms with Crippen LogP contribution in [-0.4, -0.2) is 43.2 Å². The molecule has 0 aromatic heterocycles. The molecule has 0 radical (unpaired) electrons. The van der Waals surface area contributed by atoms with Crippen LogP contribution < -0.4 is 15.2 Å². The lowest BCUT2D eigenvalue weighted by atomic mass is 9.94. The first kappa shape index (κ1) is 15.2. The van der Waals surface area contributed by atoms with Crippen LogP contribution in [0.15, 0.2) is 18.2 Å². The zero-order chi connectivity index (χ0) is 15.5. The third kappa shape index (κ3) is 3.04. The molecule has 3 rings (SSSR count). The largest absolute Gasteiger partial charge is 0.490 e. The number of carbonyl (C=O) groups is 1. The highest BCUT2D eigenvalue weighted by atomic mass is 16.5. The predicted octanol–water partition coefficient (Wildman–Crippen LogP) is 1.59. The number of fused-ring (bicyclic) bond motifs is 1. The molecule has 120 valence electrons. The van der Waals surface area contributed by atoms with E-state index in [1.807, 2.05) is 30.0 Å². The number of likely N-dealkylation sites (tertiary alicyclic amines) is 1. The summed E-state index contributed by atoms with van der Waals surface area (Å²) in [6.07, 6.45) is 2.71. The number of benzene rings is 1. The van der Waals surface area contributed by atoms with E-state index in [1.54, 1.807) is 0 Å². The van der Waals surface area contributed by atoms with Crippen molar-refractivity contribution in [3.8, 4) is 11.5 Å². The zero-order valence-corrected chi connectivity index (χ0v) is 13.1. The van der Waals surface area contributed by atoms with Crippen molar-refractivity contribution in [2.45, 2.75) is 32.2 Å². The Morgan fingerprint density at radius 1 is 1.50 bits per heavy atom. The number of ether oxygens (including phenoxy) is 2. The highest BCUT2D eigenvalue weighted by Crippen LogP contribution is 2.36. The molecule has 5 nitrogen and oxygen atoms in total. The van der Waals surface area contributed by atoms with Gasteiger partial charge in [-0.15, -0.1) is 0 Å². The molecule has 1 aromatic rings. The highest BCUT2D eigenvalue weighted by Gasteiger charge is 2.32. The van der Waals surface area contributed by atoms with Crippen molar-refractivity contribution in [3.05, 3.63) is 23.8 Å². The molecule has 1 amide bonds. The van der Waals surface area contributed by atoms with Crippen LogP contribution in [0.2, 0.25) is 0 Å². The standard InChI is InChI=1S/C17H24N2O3/c1-2-21-15-7-3-5-12-9-13(11-22-16(12)15)17(20)19-8-4-6-14(18)10-19/h3,5,7,13-14H,2,4,6,8-11,18H2,1H3/t13-,14-/m0/s1. The van der Waals surface area contributed by atoms with Crippen molar-refractivity contribution >= 4 is 5.91 Å². The van der Waals surface area contributed by atoms with Crippen LogP contribution in [0.1, 0.15) is 25.3 Å². The van der Waals surface area contributed by atoms with Crippen molar-refractivity contribution < 1.29 is 14.3 Å². The van der Waals surface area contributed by atoms with Crippen molar-refractivity contribution in [1.29, 1.82) is 0 Å². The van der Waals surface area contributed by atoms with E-state index in [0.717, 1.165) is 36.4 Å². The van der Waals surface area contributed by atoms with E-state index in [1.165, 1.54) is 0 Å². The summed E-state index contributed by atoms with van der Waals surface area (Å²) in [4.78, 5) is 14.6. The number of nitrogens with two attached hydrogens (primary N) is 1. The lowest BCUT2D eigenvalue weighted by molar-refractivity contribution is -0.138. The topological polar surface area (TPSA) is 64.8 Å². The van der Waals surface area contributed by atoms with Gasteiger partial charge in [0.25, 0.3) is 0 Å². The fourth-order valence-corrected chi connectivity index (χ4v) is 3.29. The SMILES string of the molecule is CCOc1cccc2c1OC[C@@H](C(=O)N1CCC[C@H](N)C1)C2. The van der Waals surface area contributed by atoms with Gasteiger partial charge in [0.15, 0.2) is 11.5 Å².